The Morgan fingerprint density at radius 3 is 2.18 bits per heavy atom. The van der Waals surface area contributed by atoms with Gasteiger partial charge in [0.2, 0.25) is 0 Å². The lowest BCUT2D eigenvalue weighted by molar-refractivity contribution is -0.145. The summed E-state index contributed by atoms with van der Waals surface area (Å²) in [5.41, 5.74) is 0.579. The van der Waals surface area contributed by atoms with Crippen molar-refractivity contribution in [3.8, 4) is 5.75 Å². The van der Waals surface area contributed by atoms with Crippen molar-refractivity contribution in [1.82, 2.24) is 4.90 Å². The second-order valence-electron chi connectivity index (χ2n) is 5.46. The van der Waals surface area contributed by atoms with Gasteiger partial charge < -0.3 is 14.4 Å². The Kier molecular flexibility index (Phi) is 6.89. The summed E-state index contributed by atoms with van der Waals surface area (Å²) in [6, 6.07) is 7.05. The molecule has 1 amide bonds. The van der Waals surface area contributed by atoms with Gasteiger partial charge in [-0.3, -0.25) is 9.59 Å². The van der Waals surface area contributed by atoms with Gasteiger partial charge in [0.15, 0.2) is 0 Å². The van der Waals surface area contributed by atoms with Gasteiger partial charge in [0.25, 0.3) is 5.91 Å². The zero-order chi connectivity index (χ0) is 16.7. The molecule has 0 fully saturated rings. The van der Waals surface area contributed by atoms with Gasteiger partial charge in [0.1, 0.15) is 5.75 Å². The predicted octanol–water partition coefficient (Wildman–Crippen LogP) is 2.75. The number of benzene rings is 1. The van der Waals surface area contributed by atoms with Gasteiger partial charge in [-0.15, -0.1) is 0 Å². The summed E-state index contributed by atoms with van der Waals surface area (Å²) in [6.45, 7) is 8.41. The summed E-state index contributed by atoms with van der Waals surface area (Å²) in [6.07, 6.45) is 0.0922. The van der Waals surface area contributed by atoms with Gasteiger partial charge in [-0.05, 0) is 45.0 Å². The minimum atomic E-state index is -0.350. The summed E-state index contributed by atoms with van der Waals surface area (Å²) in [7, 11) is 1.35. The Balaban J connectivity index is 2.77. The normalized spacial score (nSPS) is 11.9. The van der Waals surface area contributed by atoms with Gasteiger partial charge in [-0.2, -0.15) is 0 Å². The Labute approximate surface area is 132 Å². The van der Waals surface area contributed by atoms with Crippen LogP contribution in [0.5, 0.6) is 5.75 Å². The predicted molar refractivity (Wildman–Crippen MR) is 85.0 cm³/mol. The number of esters is 1. The Morgan fingerprint density at radius 1 is 1.14 bits per heavy atom. The molecule has 0 aliphatic heterocycles. The van der Waals surface area contributed by atoms with E-state index in [1.54, 1.807) is 36.1 Å². The van der Waals surface area contributed by atoms with Crippen LogP contribution in [0.2, 0.25) is 0 Å². The van der Waals surface area contributed by atoms with Gasteiger partial charge in [-0.1, -0.05) is 6.92 Å². The maximum Gasteiger partial charge on any atom is 0.310 e. The van der Waals surface area contributed by atoms with E-state index < -0.39 is 0 Å². The maximum atomic E-state index is 12.5. The van der Waals surface area contributed by atoms with Crippen LogP contribution in [0.25, 0.3) is 0 Å². The molecule has 1 unspecified atom stereocenters. The van der Waals surface area contributed by atoms with Crippen LogP contribution in [0, 0.1) is 5.92 Å². The minimum absolute atomic E-state index is 0.0922. The summed E-state index contributed by atoms with van der Waals surface area (Å²) in [5, 5.41) is 0. The molecule has 0 N–H and O–H groups in total. The summed E-state index contributed by atoms with van der Waals surface area (Å²) >= 11 is 0. The van der Waals surface area contributed by atoms with Crippen LogP contribution >= 0.6 is 0 Å². The highest BCUT2D eigenvalue weighted by Gasteiger charge is 2.21. The fourth-order valence-corrected chi connectivity index (χ4v) is 2.09. The van der Waals surface area contributed by atoms with Gasteiger partial charge >= 0.3 is 5.97 Å². The summed E-state index contributed by atoms with van der Waals surface area (Å²) in [5.74, 6) is -0.0312. The molecule has 1 rings (SSSR count). The van der Waals surface area contributed by atoms with Crippen molar-refractivity contribution in [2.45, 2.75) is 33.8 Å². The molecule has 0 spiro atoms. The van der Waals surface area contributed by atoms with Crippen molar-refractivity contribution in [3.05, 3.63) is 29.8 Å². The van der Waals surface area contributed by atoms with Crippen LogP contribution in [0.4, 0.5) is 0 Å². The first-order valence-electron chi connectivity index (χ1n) is 7.52. The first-order chi connectivity index (χ1) is 10.4. The molecule has 1 atom stereocenters. The number of hydrogen-bond acceptors (Lipinski definition) is 4. The van der Waals surface area contributed by atoms with Crippen LogP contribution in [0.1, 0.15) is 38.1 Å². The number of rotatable bonds is 7. The third-order valence-electron chi connectivity index (χ3n) is 3.24. The van der Waals surface area contributed by atoms with Crippen LogP contribution in [-0.4, -0.2) is 43.1 Å². The Hall–Kier alpha value is -2.04. The molecular weight excluding hydrogens is 282 g/mol. The number of hydrogen-bond donors (Lipinski definition) is 0. The highest BCUT2D eigenvalue weighted by Crippen LogP contribution is 2.16. The third-order valence-corrected chi connectivity index (χ3v) is 3.24. The first-order valence-corrected chi connectivity index (χ1v) is 7.52. The van der Waals surface area contributed by atoms with E-state index in [2.05, 4.69) is 0 Å². The van der Waals surface area contributed by atoms with Gasteiger partial charge in [-0.25, -0.2) is 0 Å². The smallest absolute Gasteiger partial charge is 0.310 e. The van der Waals surface area contributed by atoms with Crippen LogP contribution in [-0.2, 0) is 9.53 Å². The van der Waals surface area contributed by atoms with Crippen molar-refractivity contribution in [1.29, 1.82) is 0 Å². The van der Waals surface area contributed by atoms with Crippen molar-refractivity contribution in [2.24, 2.45) is 5.92 Å². The Bertz CT molecular complexity index is 496. The van der Waals surface area contributed by atoms with E-state index in [4.69, 9.17) is 9.47 Å². The molecule has 0 aromatic heterocycles. The van der Waals surface area contributed by atoms with E-state index in [0.29, 0.717) is 18.7 Å². The minimum Gasteiger partial charge on any atom is -0.491 e. The van der Waals surface area contributed by atoms with E-state index in [1.165, 1.54) is 7.11 Å². The molecule has 0 saturated carbocycles. The van der Waals surface area contributed by atoms with E-state index in [-0.39, 0.29) is 23.9 Å². The van der Waals surface area contributed by atoms with Gasteiger partial charge in [0.05, 0.1) is 19.1 Å². The van der Waals surface area contributed by atoms with Crippen LogP contribution < -0.4 is 4.74 Å². The largest absolute Gasteiger partial charge is 0.491 e. The fourth-order valence-electron chi connectivity index (χ4n) is 2.09. The topological polar surface area (TPSA) is 55.8 Å². The maximum absolute atomic E-state index is 12.5. The lowest BCUT2D eigenvalue weighted by Crippen LogP contribution is -2.37. The third kappa shape index (κ3) is 5.06. The second kappa shape index (κ2) is 8.41. The summed E-state index contributed by atoms with van der Waals surface area (Å²) in [4.78, 5) is 25.6. The molecule has 0 aliphatic rings. The van der Waals surface area contributed by atoms with Crippen molar-refractivity contribution >= 4 is 11.9 Å². The number of carbonyl (C=O) groups is 2. The highest BCUT2D eigenvalue weighted by molar-refractivity contribution is 5.94. The second-order valence-corrected chi connectivity index (χ2v) is 5.46. The lowest BCUT2D eigenvalue weighted by Gasteiger charge is -2.23. The quantitative estimate of drug-likeness (QED) is 0.727. The van der Waals surface area contributed by atoms with E-state index >= 15 is 0 Å². The molecule has 22 heavy (non-hydrogen) atoms. The molecule has 0 aliphatic carbocycles. The summed E-state index contributed by atoms with van der Waals surface area (Å²) < 4.78 is 10.3. The zero-order valence-corrected chi connectivity index (χ0v) is 14.0. The number of carbonyl (C=O) groups excluding carboxylic acids is 2. The van der Waals surface area contributed by atoms with Crippen LogP contribution in [0.15, 0.2) is 24.3 Å². The fraction of sp³-hybridized carbons (Fsp3) is 0.529. The molecule has 0 saturated heterocycles. The SMILES string of the molecule is CCN(CC(C)C(=O)OC)C(=O)c1ccc(OC(C)C)cc1. The molecule has 5 nitrogen and oxygen atoms in total. The molecule has 5 heteroatoms. The van der Waals surface area contributed by atoms with Crippen LogP contribution in [0.3, 0.4) is 0 Å². The molecule has 0 radical (unpaired) electrons. The lowest BCUT2D eigenvalue weighted by atomic mass is 10.1. The zero-order valence-electron chi connectivity index (χ0n) is 14.0. The van der Waals surface area contributed by atoms with Gasteiger partial charge in [0, 0.05) is 18.7 Å². The number of ether oxygens (including phenoxy) is 2. The van der Waals surface area contributed by atoms with E-state index in [0.717, 1.165) is 5.75 Å². The average Bonchev–Trinajstić information content (AvgIpc) is 2.51. The molecule has 122 valence electrons. The van der Waals surface area contributed by atoms with Crippen molar-refractivity contribution in [3.63, 3.8) is 0 Å². The monoisotopic (exact) mass is 307 g/mol. The molecular formula is C17H25NO4. The highest BCUT2D eigenvalue weighted by atomic mass is 16.5. The van der Waals surface area contributed by atoms with E-state index in [9.17, 15) is 9.59 Å². The van der Waals surface area contributed by atoms with Crippen molar-refractivity contribution < 1.29 is 19.1 Å². The Morgan fingerprint density at radius 2 is 1.73 bits per heavy atom. The number of nitrogens with zero attached hydrogens (tertiary/aromatic N) is 1. The number of methoxy groups -OCH3 is 1. The average molecular weight is 307 g/mol. The molecule has 1 aromatic rings. The number of amides is 1. The van der Waals surface area contributed by atoms with Crippen molar-refractivity contribution in [2.75, 3.05) is 20.2 Å². The molecule has 0 bridgehead atoms. The molecule has 0 heterocycles. The van der Waals surface area contributed by atoms with E-state index in [1.807, 2.05) is 20.8 Å². The standard InChI is InChI=1S/C17H25NO4/c1-6-18(11-13(4)17(20)21-5)16(19)14-7-9-15(10-8-14)22-12(2)3/h7-10,12-13H,6,11H2,1-5H3. The first kappa shape index (κ1) is 18.0. The molecule has 1 aromatic carbocycles.